The molecule has 1 aliphatic rings. The van der Waals surface area contributed by atoms with Gasteiger partial charge in [0.25, 0.3) is 0 Å². The van der Waals surface area contributed by atoms with Gasteiger partial charge in [-0.3, -0.25) is 4.79 Å². The van der Waals surface area contributed by atoms with Gasteiger partial charge in [-0.2, -0.15) is 0 Å². The Labute approximate surface area is 134 Å². The Morgan fingerprint density at radius 1 is 1.36 bits per heavy atom. The van der Waals surface area contributed by atoms with Crippen molar-refractivity contribution in [3.63, 3.8) is 0 Å². The van der Waals surface area contributed by atoms with Crippen molar-refractivity contribution >= 4 is 5.91 Å². The van der Waals surface area contributed by atoms with Gasteiger partial charge in [0.2, 0.25) is 5.91 Å². The number of carbonyl (C=O) groups is 1. The Kier molecular flexibility index (Phi) is 6.40. The number of hydrogen-bond donors (Lipinski definition) is 0. The van der Waals surface area contributed by atoms with Gasteiger partial charge in [-0.25, -0.2) is 0 Å². The van der Waals surface area contributed by atoms with Gasteiger partial charge >= 0.3 is 0 Å². The van der Waals surface area contributed by atoms with E-state index in [1.807, 2.05) is 17.0 Å². The summed E-state index contributed by atoms with van der Waals surface area (Å²) in [5.41, 5.74) is 2.54. The number of morpholine rings is 1. The fourth-order valence-corrected chi connectivity index (χ4v) is 2.81. The SMILES string of the molecule is Cc1ccccc1CCC(=O)N1CCO[C@H](CCN(C)C)C1. The Morgan fingerprint density at radius 3 is 2.86 bits per heavy atom. The van der Waals surface area contributed by atoms with Gasteiger partial charge < -0.3 is 14.5 Å². The lowest BCUT2D eigenvalue weighted by atomic mass is 10.0. The van der Waals surface area contributed by atoms with Crippen LogP contribution in [-0.4, -0.2) is 62.1 Å². The average molecular weight is 304 g/mol. The molecule has 0 N–H and O–H groups in total. The molecule has 2 rings (SSSR count). The highest BCUT2D eigenvalue weighted by Gasteiger charge is 2.23. The summed E-state index contributed by atoms with van der Waals surface area (Å²) in [7, 11) is 4.13. The standard InChI is InChI=1S/C18H28N2O2/c1-15-6-4-5-7-16(15)8-9-18(21)20-12-13-22-17(14-20)10-11-19(2)3/h4-7,17H,8-14H2,1-3H3/t17-/m1/s1. The van der Waals surface area contributed by atoms with Crippen molar-refractivity contribution in [2.45, 2.75) is 32.3 Å². The maximum atomic E-state index is 12.4. The van der Waals surface area contributed by atoms with E-state index in [0.29, 0.717) is 13.0 Å². The minimum absolute atomic E-state index is 0.179. The Hall–Kier alpha value is -1.39. The first-order chi connectivity index (χ1) is 10.6. The van der Waals surface area contributed by atoms with Crippen molar-refractivity contribution in [3.8, 4) is 0 Å². The Bertz CT molecular complexity index is 488. The average Bonchev–Trinajstić information content (AvgIpc) is 2.52. The van der Waals surface area contributed by atoms with Crippen LogP contribution in [0.3, 0.4) is 0 Å². The van der Waals surface area contributed by atoms with Crippen molar-refractivity contribution < 1.29 is 9.53 Å². The third kappa shape index (κ3) is 5.11. The molecule has 0 bridgehead atoms. The van der Waals surface area contributed by atoms with E-state index in [2.05, 4.69) is 38.1 Å². The predicted molar refractivity (Wildman–Crippen MR) is 89.0 cm³/mol. The van der Waals surface area contributed by atoms with Crippen LogP contribution in [0.5, 0.6) is 0 Å². The molecule has 4 nitrogen and oxygen atoms in total. The summed E-state index contributed by atoms with van der Waals surface area (Å²) in [4.78, 5) is 16.6. The molecule has 22 heavy (non-hydrogen) atoms. The maximum Gasteiger partial charge on any atom is 0.223 e. The quantitative estimate of drug-likeness (QED) is 0.807. The van der Waals surface area contributed by atoms with Crippen LogP contribution >= 0.6 is 0 Å². The van der Waals surface area contributed by atoms with Crippen molar-refractivity contribution in [2.24, 2.45) is 0 Å². The number of amides is 1. The third-order valence-electron chi connectivity index (χ3n) is 4.26. The van der Waals surface area contributed by atoms with Gasteiger partial charge in [-0.05, 0) is 45.0 Å². The second-order valence-corrected chi connectivity index (χ2v) is 6.35. The van der Waals surface area contributed by atoms with E-state index in [9.17, 15) is 4.79 Å². The monoisotopic (exact) mass is 304 g/mol. The highest BCUT2D eigenvalue weighted by atomic mass is 16.5. The highest BCUT2D eigenvalue weighted by molar-refractivity contribution is 5.76. The number of nitrogens with zero attached hydrogens (tertiary/aromatic N) is 2. The first kappa shape index (κ1) is 17.0. The number of rotatable bonds is 6. The largest absolute Gasteiger partial charge is 0.374 e. The fourth-order valence-electron chi connectivity index (χ4n) is 2.81. The molecule has 0 aromatic heterocycles. The lowest BCUT2D eigenvalue weighted by molar-refractivity contribution is -0.139. The summed E-state index contributed by atoms with van der Waals surface area (Å²) >= 11 is 0. The molecule has 1 aliphatic heterocycles. The van der Waals surface area contributed by atoms with Crippen LogP contribution in [0.25, 0.3) is 0 Å². The molecular formula is C18H28N2O2. The highest BCUT2D eigenvalue weighted by Crippen LogP contribution is 2.13. The van der Waals surface area contributed by atoms with Crippen LogP contribution < -0.4 is 0 Å². The van der Waals surface area contributed by atoms with Crippen LogP contribution in [-0.2, 0) is 16.0 Å². The van der Waals surface area contributed by atoms with Gasteiger partial charge in [0.1, 0.15) is 0 Å². The van der Waals surface area contributed by atoms with Crippen LogP contribution in [0.1, 0.15) is 24.0 Å². The molecule has 1 heterocycles. The van der Waals surface area contributed by atoms with Gasteiger partial charge in [-0.1, -0.05) is 24.3 Å². The first-order valence-corrected chi connectivity index (χ1v) is 8.15. The smallest absolute Gasteiger partial charge is 0.223 e. The number of carbonyl (C=O) groups excluding carboxylic acids is 1. The van der Waals surface area contributed by atoms with E-state index >= 15 is 0 Å². The van der Waals surface area contributed by atoms with Crippen LogP contribution in [0.2, 0.25) is 0 Å². The van der Waals surface area contributed by atoms with Crippen LogP contribution in [0.4, 0.5) is 0 Å². The van der Waals surface area contributed by atoms with Crippen LogP contribution in [0.15, 0.2) is 24.3 Å². The third-order valence-corrected chi connectivity index (χ3v) is 4.26. The van der Waals surface area contributed by atoms with E-state index in [-0.39, 0.29) is 12.0 Å². The summed E-state index contributed by atoms with van der Waals surface area (Å²) in [6.45, 7) is 5.22. The molecule has 4 heteroatoms. The predicted octanol–water partition coefficient (Wildman–Crippen LogP) is 2.11. The first-order valence-electron chi connectivity index (χ1n) is 8.15. The maximum absolute atomic E-state index is 12.4. The molecule has 1 aromatic rings. The molecule has 1 atom stereocenters. The summed E-state index contributed by atoms with van der Waals surface area (Å²) in [5.74, 6) is 0.251. The summed E-state index contributed by atoms with van der Waals surface area (Å²) in [6.07, 6.45) is 2.57. The molecule has 0 unspecified atom stereocenters. The molecule has 1 saturated heterocycles. The second kappa shape index (κ2) is 8.30. The molecule has 0 aliphatic carbocycles. The topological polar surface area (TPSA) is 32.8 Å². The molecule has 1 amide bonds. The lowest BCUT2D eigenvalue weighted by Gasteiger charge is -2.33. The van der Waals surface area contributed by atoms with Crippen molar-refractivity contribution in [1.29, 1.82) is 0 Å². The summed E-state index contributed by atoms with van der Waals surface area (Å²) in [6, 6.07) is 8.30. The van der Waals surface area contributed by atoms with E-state index in [1.54, 1.807) is 0 Å². The molecular weight excluding hydrogens is 276 g/mol. The number of hydrogen-bond acceptors (Lipinski definition) is 3. The van der Waals surface area contributed by atoms with Crippen molar-refractivity contribution in [2.75, 3.05) is 40.3 Å². The second-order valence-electron chi connectivity index (χ2n) is 6.35. The number of ether oxygens (including phenoxy) is 1. The van der Waals surface area contributed by atoms with Crippen molar-refractivity contribution in [3.05, 3.63) is 35.4 Å². The van der Waals surface area contributed by atoms with Crippen molar-refractivity contribution in [1.82, 2.24) is 9.80 Å². The molecule has 0 radical (unpaired) electrons. The zero-order valence-corrected chi connectivity index (χ0v) is 14.0. The number of benzene rings is 1. The molecule has 1 fully saturated rings. The molecule has 1 aromatic carbocycles. The van der Waals surface area contributed by atoms with Crippen LogP contribution in [0, 0.1) is 6.92 Å². The zero-order valence-electron chi connectivity index (χ0n) is 14.0. The van der Waals surface area contributed by atoms with Gasteiger partial charge in [0.15, 0.2) is 0 Å². The van der Waals surface area contributed by atoms with Gasteiger partial charge in [0.05, 0.1) is 12.7 Å². The minimum Gasteiger partial charge on any atom is -0.374 e. The van der Waals surface area contributed by atoms with E-state index in [1.165, 1.54) is 11.1 Å². The fraction of sp³-hybridized carbons (Fsp3) is 0.611. The molecule has 122 valence electrons. The summed E-state index contributed by atoms with van der Waals surface area (Å²) < 4.78 is 5.77. The van der Waals surface area contributed by atoms with E-state index in [4.69, 9.17) is 4.74 Å². The van der Waals surface area contributed by atoms with E-state index < -0.39 is 0 Å². The summed E-state index contributed by atoms with van der Waals surface area (Å²) in [5, 5.41) is 0. The van der Waals surface area contributed by atoms with E-state index in [0.717, 1.165) is 32.5 Å². The van der Waals surface area contributed by atoms with Gasteiger partial charge in [-0.15, -0.1) is 0 Å². The normalized spacial score (nSPS) is 18.7. The lowest BCUT2D eigenvalue weighted by Crippen LogP contribution is -2.46. The van der Waals surface area contributed by atoms with Gasteiger partial charge in [0, 0.05) is 26.1 Å². The zero-order chi connectivity index (χ0) is 15.9. The number of aryl methyl sites for hydroxylation is 2. The Balaban J connectivity index is 1.80. The molecule has 0 saturated carbocycles. The minimum atomic E-state index is 0.179. The Morgan fingerprint density at radius 2 is 2.14 bits per heavy atom. The molecule has 0 spiro atoms.